The molecular weight excluding hydrogens is 621 g/mol. The van der Waals surface area contributed by atoms with Crippen molar-refractivity contribution in [3.8, 4) is 0 Å². The Labute approximate surface area is 275 Å². The molecule has 3 aromatic rings. The number of allylic oxidation sites excluding steroid dienone is 1. The van der Waals surface area contributed by atoms with Crippen LogP contribution in [-0.2, 0) is 23.2 Å². The molecule has 14 heteroatoms. The molecular formula is C33H46N7O6P. The van der Waals surface area contributed by atoms with Crippen LogP contribution in [0.15, 0.2) is 48.8 Å². The van der Waals surface area contributed by atoms with Crippen molar-refractivity contribution in [2.45, 2.75) is 95.7 Å². The maximum Gasteiger partial charge on any atom is 0.529 e. The van der Waals surface area contributed by atoms with Crippen LogP contribution >= 0.6 is 7.82 Å². The van der Waals surface area contributed by atoms with Crippen molar-refractivity contribution < 1.29 is 28.1 Å². The molecule has 6 rings (SSSR count). The highest BCUT2D eigenvalue weighted by molar-refractivity contribution is 7.48. The van der Waals surface area contributed by atoms with Crippen LogP contribution in [-0.4, -0.2) is 55.7 Å². The molecule has 0 saturated heterocycles. The summed E-state index contributed by atoms with van der Waals surface area (Å²) in [7, 11) is -4.71. The lowest BCUT2D eigenvalue weighted by molar-refractivity contribution is -0.139. The van der Waals surface area contributed by atoms with Gasteiger partial charge in [-0.05, 0) is 50.7 Å². The summed E-state index contributed by atoms with van der Waals surface area (Å²) in [4.78, 5) is 42.9. The molecule has 2 heterocycles. The van der Waals surface area contributed by atoms with Gasteiger partial charge in [0.15, 0.2) is 23.0 Å². The third-order valence-corrected chi connectivity index (χ3v) is 10.1. The largest absolute Gasteiger partial charge is 0.529 e. The zero-order valence-electron chi connectivity index (χ0n) is 26.9. The fraction of sp³-hybridized carbons (Fsp3) is 0.576. The Morgan fingerprint density at radius 2 is 1.91 bits per heavy atom. The van der Waals surface area contributed by atoms with Gasteiger partial charge < -0.3 is 20.1 Å². The number of para-hydroxylation sites is 1. The van der Waals surface area contributed by atoms with Gasteiger partial charge in [-0.1, -0.05) is 75.3 Å². The number of nitrogen functional groups attached to an aromatic ring is 1. The maximum absolute atomic E-state index is 13.1. The number of anilines is 3. The monoisotopic (exact) mass is 667 g/mol. The molecule has 0 bridgehead atoms. The third-order valence-electron chi connectivity index (χ3n) is 9.19. The Morgan fingerprint density at radius 1 is 1.13 bits per heavy atom. The Balaban J connectivity index is 0.998. The molecule has 2 fully saturated rings. The number of rotatable bonds is 16. The zero-order valence-corrected chi connectivity index (χ0v) is 27.8. The first-order valence-electron chi connectivity index (χ1n) is 16.9. The van der Waals surface area contributed by atoms with E-state index in [0.29, 0.717) is 41.7 Å². The minimum atomic E-state index is -4.71. The van der Waals surface area contributed by atoms with E-state index < -0.39 is 19.8 Å². The second-order valence-corrected chi connectivity index (χ2v) is 14.3. The number of nitrogens with one attached hydrogen (secondary N) is 1. The maximum atomic E-state index is 13.1. The number of hydroxylamine groups is 1. The number of phosphoric ester groups is 1. The van der Waals surface area contributed by atoms with Gasteiger partial charge in [0.25, 0.3) is 0 Å². The van der Waals surface area contributed by atoms with E-state index in [-0.39, 0.29) is 24.5 Å². The molecule has 1 aromatic carbocycles. The van der Waals surface area contributed by atoms with Crippen molar-refractivity contribution in [2.75, 3.05) is 29.3 Å². The number of imidazole rings is 1. The molecule has 0 aliphatic heterocycles. The molecule has 13 nitrogen and oxygen atoms in total. The molecule has 4 N–H and O–H groups in total. The highest BCUT2D eigenvalue weighted by atomic mass is 31.2. The number of aromatic nitrogens is 4. The number of hydrogen-bond acceptors (Lipinski definition) is 11. The predicted molar refractivity (Wildman–Crippen MR) is 179 cm³/mol. The minimum Gasteiger partial charge on any atom is -0.369 e. The van der Waals surface area contributed by atoms with E-state index in [0.717, 1.165) is 31.6 Å². The fourth-order valence-electron chi connectivity index (χ4n) is 6.44. The molecule has 254 valence electrons. The molecule has 2 aromatic heterocycles. The molecule has 3 aliphatic rings. The first kappa shape index (κ1) is 33.4. The second kappa shape index (κ2) is 15.1. The number of fused-ring (bicyclic) bond motifs is 1. The van der Waals surface area contributed by atoms with E-state index >= 15 is 0 Å². The van der Waals surface area contributed by atoms with E-state index in [1.54, 1.807) is 13.3 Å². The number of benzene rings is 1. The van der Waals surface area contributed by atoms with Crippen molar-refractivity contribution in [1.29, 1.82) is 0 Å². The summed E-state index contributed by atoms with van der Waals surface area (Å²) in [5.74, 6) is 0.468. The van der Waals surface area contributed by atoms with E-state index in [9.17, 15) is 14.3 Å². The SMILES string of the molecule is C[C@@H](C(=O)OP(=O)(O)OC[C@@H]1C=C[C@H](n2cnc3c(NC4CC4)nc(N)nc32)C1)N(OCCCCC1CCCCC1)c1ccccc1. The Kier molecular flexibility index (Phi) is 10.8. The van der Waals surface area contributed by atoms with Gasteiger partial charge in [0, 0.05) is 12.0 Å². The van der Waals surface area contributed by atoms with Crippen LogP contribution in [0, 0.1) is 11.8 Å². The van der Waals surface area contributed by atoms with Crippen LogP contribution in [0.4, 0.5) is 17.5 Å². The van der Waals surface area contributed by atoms with Crippen LogP contribution in [0.1, 0.15) is 83.6 Å². The number of carbonyl (C=O) groups excluding carboxylic acids is 1. The van der Waals surface area contributed by atoms with Crippen molar-refractivity contribution >= 4 is 42.4 Å². The lowest BCUT2D eigenvalue weighted by atomic mass is 9.86. The lowest BCUT2D eigenvalue weighted by Crippen LogP contribution is -2.40. The number of nitrogens with two attached hydrogens (primary N) is 1. The minimum absolute atomic E-state index is 0.111. The normalized spacial score (nSPS) is 21.8. The van der Waals surface area contributed by atoms with Crippen molar-refractivity contribution in [3.05, 3.63) is 48.8 Å². The molecule has 3 aliphatic carbocycles. The summed E-state index contributed by atoms with van der Waals surface area (Å²) in [6.45, 7) is 1.89. The fourth-order valence-corrected chi connectivity index (χ4v) is 7.25. The smallest absolute Gasteiger partial charge is 0.369 e. The number of carbonyl (C=O) groups is 1. The molecule has 47 heavy (non-hydrogen) atoms. The zero-order chi connectivity index (χ0) is 32.8. The number of hydrogen-bond donors (Lipinski definition) is 3. The average molecular weight is 668 g/mol. The molecule has 0 amide bonds. The van der Waals surface area contributed by atoms with Crippen LogP contribution in [0.3, 0.4) is 0 Å². The topological polar surface area (TPSA) is 167 Å². The quantitative estimate of drug-likeness (QED) is 0.0673. The van der Waals surface area contributed by atoms with Gasteiger partial charge in [0.2, 0.25) is 5.95 Å². The van der Waals surface area contributed by atoms with Crippen LogP contribution < -0.4 is 16.1 Å². The average Bonchev–Trinajstić information content (AvgIpc) is 3.58. The molecule has 0 spiro atoms. The van der Waals surface area contributed by atoms with Crippen molar-refractivity contribution in [1.82, 2.24) is 19.5 Å². The second-order valence-electron chi connectivity index (χ2n) is 13.0. The standard InChI is InChI=1S/C33H46N7O6P/c1-23(40(27-13-6-3-7-14-27)44-19-9-8-12-24-10-4-2-5-11-24)32(41)46-47(42,43)45-21-25-15-18-28(20-25)39-22-35-29-30(36-26-16-17-26)37-33(34)38-31(29)39/h3,6-7,13-15,18,22-26,28H,2,4-5,8-12,16-17,19-21H2,1H3,(H,42,43)(H3,34,36,37,38)/t23-,25+,28-/m0/s1. The summed E-state index contributed by atoms with van der Waals surface area (Å²) in [5, 5.41) is 4.81. The molecule has 1 unspecified atom stereocenters. The Morgan fingerprint density at radius 3 is 2.68 bits per heavy atom. The summed E-state index contributed by atoms with van der Waals surface area (Å²) in [5.41, 5.74) is 7.90. The number of phosphoric acid groups is 1. The predicted octanol–water partition coefficient (Wildman–Crippen LogP) is 6.34. The van der Waals surface area contributed by atoms with Gasteiger partial charge in [-0.3, -0.25) is 14.3 Å². The van der Waals surface area contributed by atoms with E-state index in [4.69, 9.17) is 19.6 Å². The summed E-state index contributed by atoms with van der Waals surface area (Å²) < 4.78 is 25.2. The van der Waals surface area contributed by atoms with Gasteiger partial charge in [0.1, 0.15) is 0 Å². The summed E-state index contributed by atoms with van der Waals surface area (Å²) >= 11 is 0. The Bertz CT molecular complexity index is 1580. The van der Waals surface area contributed by atoms with Gasteiger partial charge in [0.05, 0.1) is 31.3 Å². The van der Waals surface area contributed by atoms with Crippen LogP contribution in [0.5, 0.6) is 0 Å². The molecule has 4 atom stereocenters. The third kappa shape index (κ3) is 8.90. The molecule has 0 radical (unpaired) electrons. The molecule has 2 saturated carbocycles. The van der Waals surface area contributed by atoms with Crippen LogP contribution in [0.2, 0.25) is 0 Å². The highest BCUT2D eigenvalue weighted by Gasteiger charge is 2.34. The van der Waals surface area contributed by atoms with Gasteiger partial charge in [-0.25, -0.2) is 19.4 Å². The van der Waals surface area contributed by atoms with E-state index in [2.05, 4.69) is 20.3 Å². The van der Waals surface area contributed by atoms with Crippen LogP contribution in [0.25, 0.3) is 11.2 Å². The first-order chi connectivity index (χ1) is 22.8. The summed E-state index contributed by atoms with van der Waals surface area (Å²) in [6, 6.07) is 8.47. The van der Waals surface area contributed by atoms with Crippen molar-refractivity contribution in [3.63, 3.8) is 0 Å². The highest BCUT2D eigenvalue weighted by Crippen LogP contribution is 2.45. The Hall–Kier alpha value is -3.51. The van der Waals surface area contributed by atoms with Gasteiger partial charge in [-0.2, -0.15) is 9.97 Å². The summed E-state index contributed by atoms with van der Waals surface area (Å²) in [6.07, 6.45) is 18.0. The number of nitrogens with zero attached hydrogens (tertiary/aromatic N) is 5. The number of unbranched alkanes of at least 4 members (excludes halogenated alkanes) is 1. The first-order valence-corrected chi connectivity index (χ1v) is 18.4. The van der Waals surface area contributed by atoms with Crippen molar-refractivity contribution in [2.24, 2.45) is 11.8 Å². The van der Waals surface area contributed by atoms with E-state index in [1.165, 1.54) is 43.6 Å². The lowest BCUT2D eigenvalue weighted by Gasteiger charge is -2.29. The van der Waals surface area contributed by atoms with Gasteiger partial charge >= 0.3 is 13.8 Å². The van der Waals surface area contributed by atoms with E-state index in [1.807, 2.05) is 47.1 Å². The van der Waals surface area contributed by atoms with Gasteiger partial charge in [-0.15, -0.1) is 0 Å².